The molecule has 0 spiro atoms. The first-order valence-electron chi connectivity index (χ1n) is 5.72. The zero-order chi connectivity index (χ0) is 13.3. The molecule has 1 aliphatic heterocycles. The quantitative estimate of drug-likeness (QED) is 0.788. The number of benzene rings is 1. The SMILES string of the molecule is COC(=O)c1cccc(N2CC(C)C(O)C2=O)c1. The molecule has 1 amide bonds. The molecule has 0 aromatic heterocycles. The van der Waals surface area contributed by atoms with Crippen molar-refractivity contribution in [3.05, 3.63) is 29.8 Å². The Kier molecular flexibility index (Phi) is 3.34. The maximum Gasteiger partial charge on any atom is 0.337 e. The summed E-state index contributed by atoms with van der Waals surface area (Å²) in [6, 6.07) is 6.63. The van der Waals surface area contributed by atoms with Crippen molar-refractivity contribution < 1.29 is 19.4 Å². The fraction of sp³-hybridized carbons (Fsp3) is 0.385. The van der Waals surface area contributed by atoms with E-state index in [0.717, 1.165) is 0 Å². The minimum atomic E-state index is -0.966. The monoisotopic (exact) mass is 249 g/mol. The third-order valence-electron chi connectivity index (χ3n) is 3.11. The number of nitrogens with zero attached hydrogens (tertiary/aromatic N) is 1. The molecule has 0 bridgehead atoms. The van der Waals surface area contributed by atoms with Gasteiger partial charge in [0.2, 0.25) is 0 Å². The number of anilines is 1. The first-order chi connectivity index (χ1) is 8.54. The van der Waals surface area contributed by atoms with E-state index in [2.05, 4.69) is 4.74 Å². The van der Waals surface area contributed by atoms with Gasteiger partial charge in [-0.25, -0.2) is 4.79 Å². The molecule has 2 rings (SSSR count). The maximum absolute atomic E-state index is 11.8. The van der Waals surface area contributed by atoms with Crippen LogP contribution < -0.4 is 4.90 Å². The molecule has 1 aromatic carbocycles. The van der Waals surface area contributed by atoms with Gasteiger partial charge in [-0.05, 0) is 18.2 Å². The second kappa shape index (κ2) is 4.78. The summed E-state index contributed by atoms with van der Waals surface area (Å²) in [5, 5.41) is 9.64. The number of esters is 1. The molecule has 1 saturated heterocycles. The first-order valence-corrected chi connectivity index (χ1v) is 5.72. The van der Waals surface area contributed by atoms with Crippen LogP contribution in [0.1, 0.15) is 17.3 Å². The van der Waals surface area contributed by atoms with E-state index in [-0.39, 0.29) is 11.8 Å². The summed E-state index contributed by atoms with van der Waals surface area (Å²) in [5.74, 6) is -0.888. The first kappa shape index (κ1) is 12.6. The molecular formula is C13H15NO4. The van der Waals surface area contributed by atoms with E-state index in [1.54, 1.807) is 24.3 Å². The smallest absolute Gasteiger partial charge is 0.337 e. The fourth-order valence-corrected chi connectivity index (χ4v) is 2.03. The number of aliphatic hydroxyl groups is 1. The van der Waals surface area contributed by atoms with E-state index in [0.29, 0.717) is 17.8 Å². The number of amides is 1. The second-order valence-electron chi connectivity index (χ2n) is 4.41. The van der Waals surface area contributed by atoms with E-state index in [1.807, 2.05) is 6.92 Å². The normalized spacial score (nSPS) is 23.3. The van der Waals surface area contributed by atoms with Crippen LogP contribution in [0, 0.1) is 5.92 Å². The lowest BCUT2D eigenvalue weighted by atomic mass is 10.1. The van der Waals surface area contributed by atoms with Crippen molar-refractivity contribution in [3.63, 3.8) is 0 Å². The minimum absolute atomic E-state index is 0.112. The van der Waals surface area contributed by atoms with E-state index in [9.17, 15) is 14.7 Å². The highest BCUT2D eigenvalue weighted by molar-refractivity contribution is 6.00. The van der Waals surface area contributed by atoms with Gasteiger partial charge in [0.25, 0.3) is 5.91 Å². The number of methoxy groups -OCH3 is 1. The van der Waals surface area contributed by atoms with E-state index in [4.69, 9.17) is 0 Å². The van der Waals surface area contributed by atoms with Crippen LogP contribution >= 0.6 is 0 Å². The molecule has 0 radical (unpaired) electrons. The average molecular weight is 249 g/mol. The summed E-state index contributed by atoms with van der Waals surface area (Å²) in [7, 11) is 1.31. The average Bonchev–Trinajstić information content (AvgIpc) is 2.66. The third-order valence-corrected chi connectivity index (χ3v) is 3.11. The van der Waals surface area contributed by atoms with Gasteiger partial charge in [-0.2, -0.15) is 0 Å². The molecule has 5 heteroatoms. The molecule has 1 aliphatic rings. The Morgan fingerprint density at radius 1 is 1.50 bits per heavy atom. The number of hydrogen-bond donors (Lipinski definition) is 1. The van der Waals surface area contributed by atoms with Crippen molar-refractivity contribution in [2.45, 2.75) is 13.0 Å². The van der Waals surface area contributed by atoms with Crippen molar-refractivity contribution in [2.24, 2.45) is 5.92 Å². The zero-order valence-corrected chi connectivity index (χ0v) is 10.3. The summed E-state index contributed by atoms with van der Waals surface area (Å²) in [6.07, 6.45) is -0.966. The Bertz CT molecular complexity index is 486. The van der Waals surface area contributed by atoms with Crippen LogP contribution in [0.3, 0.4) is 0 Å². The molecule has 2 unspecified atom stereocenters. The summed E-state index contributed by atoms with van der Waals surface area (Å²) < 4.78 is 4.63. The molecule has 1 N–H and O–H groups in total. The van der Waals surface area contributed by atoms with Crippen molar-refractivity contribution >= 4 is 17.6 Å². The third kappa shape index (κ3) is 2.09. The van der Waals surface area contributed by atoms with Crippen LogP contribution in [-0.2, 0) is 9.53 Å². The van der Waals surface area contributed by atoms with Crippen LogP contribution in [0.4, 0.5) is 5.69 Å². The van der Waals surface area contributed by atoms with Crippen LogP contribution in [-0.4, -0.2) is 36.7 Å². The van der Waals surface area contributed by atoms with Gasteiger partial charge in [0.15, 0.2) is 0 Å². The summed E-state index contributed by atoms with van der Waals surface area (Å²) in [6.45, 7) is 2.26. The number of rotatable bonds is 2. The predicted octanol–water partition coefficient (Wildman–Crippen LogP) is 0.817. The van der Waals surface area contributed by atoms with Crippen LogP contribution in [0.25, 0.3) is 0 Å². The van der Waals surface area contributed by atoms with Crippen molar-refractivity contribution in [2.75, 3.05) is 18.6 Å². The Morgan fingerprint density at radius 3 is 2.78 bits per heavy atom. The molecule has 2 atom stereocenters. The predicted molar refractivity (Wildman–Crippen MR) is 65.3 cm³/mol. The van der Waals surface area contributed by atoms with Gasteiger partial charge in [-0.3, -0.25) is 4.79 Å². The topological polar surface area (TPSA) is 66.8 Å². The second-order valence-corrected chi connectivity index (χ2v) is 4.41. The van der Waals surface area contributed by atoms with Crippen molar-refractivity contribution in [1.29, 1.82) is 0 Å². The van der Waals surface area contributed by atoms with E-state index >= 15 is 0 Å². The van der Waals surface area contributed by atoms with Crippen molar-refractivity contribution in [3.8, 4) is 0 Å². The Labute approximate surface area is 105 Å². The van der Waals surface area contributed by atoms with Gasteiger partial charge in [0, 0.05) is 18.2 Å². The lowest BCUT2D eigenvalue weighted by Crippen LogP contribution is -2.29. The highest BCUT2D eigenvalue weighted by Gasteiger charge is 2.37. The number of ether oxygens (including phenoxy) is 1. The van der Waals surface area contributed by atoms with Gasteiger partial charge in [-0.15, -0.1) is 0 Å². The molecule has 0 saturated carbocycles. The van der Waals surface area contributed by atoms with Gasteiger partial charge >= 0.3 is 5.97 Å². The number of carbonyl (C=O) groups is 2. The molecule has 1 aromatic rings. The molecule has 5 nitrogen and oxygen atoms in total. The number of carbonyl (C=O) groups excluding carboxylic acids is 2. The molecule has 1 fully saturated rings. The maximum atomic E-state index is 11.8. The molecular weight excluding hydrogens is 234 g/mol. The lowest BCUT2D eigenvalue weighted by molar-refractivity contribution is -0.125. The van der Waals surface area contributed by atoms with Crippen LogP contribution in [0.2, 0.25) is 0 Å². The Hall–Kier alpha value is -1.88. The lowest BCUT2D eigenvalue weighted by Gasteiger charge is -2.16. The van der Waals surface area contributed by atoms with E-state index < -0.39 is 12.1 Å². The minimum Gasteiger partial charge on any atom is -0.465 e. The molecule has 1 heterocycles. The largest absolute Gasteiger partial charge is 0.465 e. The van der Waals surface area contributed by atoms with Gasteiger partial charge in [-0.1, -0.05) is 13.0 Å². The van der Waals surface area contributed by atoms with Gasteiger partial charge < -0.3 is 14.7 Å². The summed E-state index contributed by atoms with van der Waals surface area (Å²) in [5.41, 5.74) is 0.989. The number of aliphatic hydroxyl groups excluding tert-OH is 1. The number of hydrogen-bond acceptors (Lipinski definition) is 4. The van der Waals surface area contributed by atoms with E-state index in [1.165, 1.54) is 12.0 Å². The molecule has 0 aliphatic carbocycles. The van der Waals surface area contributed by atoms with Gasteiger partial charge in [0.05, 0.1) is 12.7 Å². The Morgan fingerprint density at radius 2 is 2.22 bits per heavy atom. The highest BCUT2D eigenvalue weighted by Crippen LogP contribution is 2.25. The standard InChI is InChI=1S/C13H15NO4/c1-8-7-14(12(16)11(8)15)10-5-3-4-9(6-10)13(17)18-2/h3-6,8,11,15H,7H2,1-2H3. The van der Waals surface area contributed by atoms with Crippen LogP contribution in [0.15, 0.2) is 24.3 Å². The van der Waals surface area contributed by atoms with Crippen LogP contribution in [0.5, 0.6) is 0 Å². The zero-order valence-electron chi connectivity index (χ0n) is 10.3. The molecule has 96 valence electrons. The van der Waals surface area contributed by atoms with Gasteiger partial charge in [0.1, 0.15) is 6.10 Å². The van der Waals surface area contributed by atoms with Crippen molar-refractivity contribution in [1.82, 2.24) is 0 Å². The summed E-state index contributed by atoms with van der Waals surface area (Å²) in [4.78, 5) is 24.7. The summed E-state index contributed by atoms with van der Waals surface area (Å²) >= 11 is 0. The molecule has 18 heavy (non-hydrogen) atoms. The Balaban J connectivity index is 2.30. The highest BCUT2D eigenvalue weighted by atomic mass is 16.5. The fourth-order valence-electron chi connectivity index (χ4n) is 2.03.